The highest BCUT2D eigenvalue weighted by Gasteiger charge is 2.32. The van der Waals surface area contributed by atoms with Gasteiger partial charge in [-0.25, -0.2) is 14.5 Å². The third kappa shape index (κ3) is 4.58. The molecule has 0 aliphatic heterocycles. The Balaban J connectivity index is 2.43. The number of ether oxygens (including phenoxy) is 1. The van der Waals surface area contributed by atoms with Crippen LogP contribution in [0.2, 0.25) is 0 Å². The fraction of sp³-hybridized carbons (Fsp3) is 0.267. The Morgan fingerprint density at radius 1 is 1.33 bits per heavy atom. The van der Waals surface area contributed by atoms with E-state index < -0.39 is 17.7 Å². The smallest absolute Gasteiger partial charge is 0.416 e. The van der Waals surface area contributed by atoms with E-state index in [0.29, 0.717) is 0 Å². The van der Waals surface area contributed by atoms with Crippen LogP contribution in [0.3, 0.4) is 0 Å². The molecule has 0 amide bonds. The molecule has 1 aromatic heterocycles. The molecule has 0 fully saturated rings. The summed E-state index contributed by atoms with van der Waals surface area (Å²) in [5.74, 6) is -1.12. The molecular formula is C15H14F3N3O3. The summed E-state index contributed by atoms with van der Waals surface area (Å²) in [5, 5.41) is 12.5. The van der Waals surface area contributed by atoms with Crippen molar-refractivity contribution < 1.29 is 27.8 Å². The van der Waals surface area contributed by atoms with Gasteiger partial charge in [0.1, 0.15) is 12.1 Å². The monoisotopic (exact) mass is 341 g/mol. The molecule has 2 aromatic rings. The Hall–Kier alpha value is -2.84. The standard InChI is InChI=1S/C15H14F3N3O3/c1-9(2)24-12-6-10(5-11(7-12)15(16,17)18)14-19-8-21(20-14)4-3-13(22)23/h3-9H,1-2H3,(H,22,23). The number of nitrogens with zero attached hydrogens (tertiary/aromatic N) is 3. The zero-order valence-corrected chi connectivity index (χ0v) is 12.8. The minimum Gasteiger partial charge on any atom is -0.491 e. The maximum absolute atomic E-state index is 13.0. The molecule has 24 heavy (non-hydrogen) atoms. The van der Waals surface area contributed by atoms with E-state index in [-0.39, 0.29) is 23.2 Å². The van der Waals surface area contributed by atoms with Crippen LogP contribution in [0, 0.1) is 0 Å². The third-order valence-corrected chi connectivity index (χ3v) is 2.74. The van der Waals surface area contributed by atoms with E-state index in [1.165, 1.54) is 12.4 Å². The Labute approximate surface area is 135 Å². The van der Waals surface area contributed by atoms with Crippen LogP contribution < -0.4 is 4.74 Å². The van der Waals surface area contributed by atoms with Crippen LogP contribution in [0.4, 0.5) is 13.2 Å². The summed E-state index contributed by atoms with van der Waals surface area (Å²) in [6.45, 7) is 3.40. The molecule has 9 heteroatoms. The predicted octanol–water partition coefficient (Wildman–Crippen LogP) is 3.31. The highest BCUT2D eigenvalue weighted by atomic mass is 19.4. The van der Waals surface area contributed by atoms with Crippen LogP contribution in [-0.2, 0) is 11.0 Å². The van der Waals surface area contributed by atoms with Crippen molar-refractivity contribution in [3.05, 3.63) is 36.2 Å². The highest BCUT2D eigenvalue weighted by molar-refractivity contribution is 5.82. The van der Waals surface area contributed by atoms with Crippen LogP contribution in [0.15, 0.2) is 30.6 Å². The summed E-state index contributed by atoms with van der Waals surface area (Å²) in [5.41, 5.74) is -0.768. The molecule has 0 spiro atoms. The third-order valence-electron chi connectivity index (χ3n) is 2.74. The van der Waals surface area contributed by atoms with Gasteiger partial charge in [-0.15, -0.1) is 5.10 Å². The first-order valence-corrected chi connectivity index (χ1v) is 6.87. The Bertz CT molecular complexity index is 767. The normalized spacial score (nSPS) is 12.1. The molecule has 0 radical (unpaired) electrons. The van der Waals surface area contributed by atoms with Crippen LogP contribution in [0.5, 0.6) is 5.75 Å². The predicted molar refractivity (Wildman–Crippen MR) is 79.2 cm³/mol. The zero-order chi connectivity index (χ0) is 17.9. The topological polar surface area (TPSA) is 77.2 Å². The van der Waals surface area contributed by atoms with Crippen LogP contribution in [0.25, 0.3) is 17.6 Å². The molecule has 0 saturated heterocycles. The molecule has 0 saturated carbocycles. The van der Waals surface area contributed by atoms with Crippen LogP contribution in [-0.4, -0.2) is 31.9 Å². The maximum atomic E-state index is 13.0. The summed E-state index contributed by atoms with van der Waals surface area (Å²) in [7, 11) is 0. The first kappa shape index (κ1) is 17.5. The highest BCUT2D eigenvalue weighted by Crippen LogP contribution is 2.35. The number of rotatable bonds is 5. The molecule has 0 aliphatic rings. The minimum atomic E-state index is -4.54. The van der Waals surface area contributed by atoms with E-state index in [1.807, 2.05) is 0 Å². The van der Waals surface area contributed by atoms with E-state index in [0.717, 1.165) is 29.1 Å². The number of alkyl halides is 3. The molecule has 1 heterocycles. The number of hydrogen-bond acceptors (Lipinski definition) is 4. The van der Waals surface area contributed by atoms with Gasteiger partial charge >= 0.3 is 12.1 Å². The second kappa shape index (κ2) is 6.73. The fourth-order valence-electron chi connectivity index (χ4n) is 1.85. The van der Waals surface area contributed by atoms with E-state index in [9.17, 15) is 18.0 Å². The molecule has 6 nitrogen and oxygen atoms in total. The summed E-state index contributed by atoms with van der Waals surface area (Å²) in [4.78, 5) is 14.4. The average molecular weight is 341 g/mol. The van der Waals surface area contributed by atoms with Crippen molar-refractivity contribution >= 4 is 12.2 Å². The summed E-state index contributed by atoms with van der Waals surface area (Å²) in [6, 6.07) is 3.22. The molecule has 0 aliphatic carbocycles. The second-order valence-electron chi connectivity index (χ2n) is 5.11. The number of carboxylic acids is 1. The second-order valence-corrected chi connectivity index (χ2v) is 5.11. The van der Waals surface area contributed by atoms with Crippen molar-refractivity contribution in [2.24, 2.45) is 0 Å². The number of aromatic nitrogens is 3. The summed E-state index contributed by atoms with van der Waals surface area (Å²) >= 11 is 0. The number of hydrogen-bond donors (Lipinski definition) is 1. The van der Waals surface area contributed by atoms with Crippen molar-refractivity contribution in [3.8, 4) is 17.1 Å². The molecular weight excluding hydrogens is 327 g/mol. The number of benzene rings is 1. The van der Waals surface area contributed by atoms with E-state index >= 15 is 0 Å². The van der Waals surface area contributed by atoms with Crippen LogP contribution >= 0.6 is 0 Å². The molecule has 2 rings (SSSR count). The van der Waals surface area contributed by atoms with Gasteiger partial charge in [0, 0.05) is 17.8 Å². The van der Waals surface area contributed by atoms with Gasteiger partial charge in [0.15, 0.2) is 5.82 Å². The Morgan fingerprint density at radius 3 is 2.62 bits per heavy atom. The lowest BCUT2D eigenvalue weighted by molar-refractivity contribution is -0.137. The van der Waals surface area contributed by atoms with Crippen LogP contribution in [0.1, 0.15) is 19.4 Å². The van der Waals surface area contributed by atoms with Crippen molar-refractivity contribution in [3.63, 3.8) is 0 Å². The van der Waals surface area contributed by atoms with Gasteiger partial charge in [0.25, 0.3) is 0 Å². The van der Waals surface area contributed by atoms with Gasteiger partial charge in [-0.2, -0.15) is 13.2 Å². The van der Waals surface area contributed by atoms with Crippen molar-refractivity contribution in [1.29, 1.82) is 0 Å². The number of carboxylic acid groups (broad SMARTS) is 1. The first-order chi connectivity index (χ1) is 11.1. The minimum absolute atomic E-state index is 0.0183. The number of halogens is 3. The van der Waals surface area contributed by atoms with Gasteiger partial charge in [-0.05, 0) is 32.0 Å². The average Bonchev–Trinajstić information content (AvgIpc) is 2.92. The molecule has 0 atom stereocenters. The lowest BCUT2D eigenvalue weighted by Gasteiger charge is -2.14. The molecule has 0 unspecified atom stereocenters. The van der Waals surface area contributed by atoms with Crippen molar-refractivity contribution in [1.82, 2.24) is 14.8 Å². The molecule has 0 bridgehead atoms. The van der Waals surface area contributed by atoms with Crippen molar-refractivity contribution in [2.75, 3.05) is 0 Å². The van der Waals surface area contributed by atoms with Gasteiger partial charge in [0.05, 0.1) is 11.7 Å². The van der Waals surface area contributed by atoms with Crippen molar-refractivity contribution in [2.45, 2.75) is 26.1 Å². The molecule has 128 valence electrons. The molecule has 1 aromatic carbocycles. The maximum Gasteiger partial charge on any atom is 0.416 e. The van der Waals surface area contributed by atoms with Gasteiger partial charge in [-0.3, -0.25) is 0 Å². The van der Waals surface area contributed by atoms with Gasteiger partial charge in [-0.1, -0.05) is 0 Å². The fourth-order valence-corrected chi connectivity index (χ4v) is 1.85. The lowest BCUT2D eigenvalue weighted by atomic mass is 10.1. The number of aliphatic carboxylic acids is 1. The largest absolute Gasteiger partial charge is 0.491 e. The Kier molecular flexibility index (Phi) is 4.91. The first-order valence-electron chi connectivity index (χ1n) is 6.87. The number of carbonyl (C=O) groups is 1. The van der Waals surface area contributed by atoms with E-state index in [1.54, 1.807) is 13.8 Å². The van der Waals surface area contributed by atoms with E-state index in [4.69, 9.17) is 9.84 Å². The van der Waals surface area contributed by atoms with E-state index in [2.05, 4.69) is 10.1 Å². The Morgan fingerprint density at radius 2 is 2.04 bits per heavy atom. The van der Waals surface area contributed by atoms with Gasteiger partial charge in [0.2, 0.25) is 0 Å². The lowest BCUT2D eigenvalue weighted by Crippen LogP contribution is -2.09. The summed E-state index contributed by atoms with van der Waals surface area (Å²) < 4.78 is 45.5. The van der Waals surface area contributed by atoms with Gasteiger partial charge < -0.3 is 9.84 Å². The SMILES string of the molecule is CC(C)Oc1cc(-c2ncn(C=CC(=O)O)n2)cc(C(F)(F)F)c1. The summed E-state index contributed by atoms with van der Waals surface area (Å²) in [6.07, 6.45) is -1.70. The quantitative estimate of drug-likeness (QED) is 0.844. The molecule has 1 N–H and O–H groups in total. The zero-order valence-electron chi connectivity index (χ0n) is 12.8.